The quantitative estimate of drug-likeness (QED) is 0.264. The number of pyridine rings is 2. The smallest absolute Gasteiger partial charge is 0.490 e. The Morgan fingerprint density at radius 2 is 1.56 bits per heavy atom. The molecular weight excluding hydrogens is 612 g/mol. The number of fused-ring (bicyclic) bond motifs is 1. The minimum Gasteiger partial charge on any atom is -0.497 e. The second-order valence-electron chi connectivity index (χ2n) is 9.86. The number of rotatable bonds is 5. The number of hydrogen-bond acceptors (Lipinski definition) is 7. The molecule has 242 valence electrons. The van der Waals surface area contributed by atoms with Crippen molar-refractivity contribution >= 4 is 23.0 Å². The summed E-state index contributed by atoms with van der Waals surface area (Å²) in [6, 6.07) is 14.5. The molecule has 4 aromatic rings. The molecule has 0 spiro atoms. The van der Waals surface area contributed by atoms with Crippen LogP contribution >= 0.6 is 0 Å². The molecule has 16 heteroatoms. The van der Waals surface area contributed by atoms with Gasteiger partial charge in [-0.25, -0.2) is 14.6 Å². The van der Waals surface area contributed by atoms with Gasteiger partial charge in [-0.15, -0.1) is 0 Å². The van der Waals surface area contributed by atoms with Crippen LogP contribution in [0.1, 0.15) is 30.0 Å². The van der Waals surface area contributed by atoms with Crippen molar-refractivity contribution in [1.82, 2.24) is 24.4 Å². The first-order chi connectivity index (χ1) is 21.1. The molecule has 1 saturated heterocycles. The molecule has 1 aliphatic rings. The van der Waals surface area contributed by atoms with Crippen LogP contribution in [0.5, 0.6) is 5.75 Å². The van der Waals surface area contributed by atoms with E-state index in [-0.39, 0.29) is 0 Å². The molecule has 1 aromatic carbocycles. The number of likely N-dealkylation sites (tertiary alicyclic amines) is 1. The molecule has 0 atom stereocenters. The minimum absolute atomic E-state index is 0.460. The molecule has 0 aliphatic carbocycles. The van der Waals surface area contributed by atoms with Crippen LogP contribution in [0, 0.1) is 0 Å². The number of piperidine rings is 1. The summed E-state index contributed by atoms with van der Waals surface area (Å²) in [4.78, 5) is 34.3. The predicted molar refractivity (Wildman–Crippen MR) is 149 cm³/mol. The lowest BCUT2D eigenvalue weighted by Gasteiger charge is -2.31. The van der Waals surface area contributed by atoms with E-state index in [0.29, 0.717) is 5.92 Å². The molecule has 5 rings (SSSR count). The molecule has 4 heterocycles. The maximum absolute atomic E-state index is 10.6. The molecule has 1 aliphatic heterocycles. The Bertz CT molecular complexity index is 1540. The van der Waals surface area contributed by atoms with Crippen molar-refractivity contribution in [3.63, 3.8) is 0 Å². The maximum Gasteiger partial charge on any atom is 0.490 e. The van der Waals surface area contributed by atoms with Gasteiger partial charge in [-0.1, -0.05) is 6.07 Å². The Balaban J connectivity index is 0.000000331. The van der Waals surface area contributed by atoms with Crippen LogP contribution in [0.25, 0.3) is 22.3 Å². The predicted octanol–water partition coefficient (Wildman–Crippen LogP) is 5.69. The fourth-order valence-electron chi connectivity index (χ4n) is 4.44. The van der Waals surface area contributed by atoms with Gasteiger partial charge < -0.3 is 19.5 Å². The first-order valence-corrected chi connectivity index (χ1v) is 13.3. The van der Waals surface area contributed by atoms with Crippen molar-refractivity contribution in [3.05, 3.63) is 72.4 Å². The number of carbonyl (C=O) groups is 2. The molecular formula is C29H29F6N5O5. The van der Waals surface area contributed by atoms with Crippen LogP contribution < -0.4 is 4.74 Å². The second kappa shape index (κ2) is 14.8. The summed E-state index contributed by atoms with van der Waals surface area (Å²) in [6.45, 7) is 3.11. The molecule has 0 unspecified atom stereocenters. The SMILES string of the molecule is COc1ccc(-c2nc(C3CCN(Cc4cccnc4)CC3)cc3c2ncn3C)cc1.O=C(O)C(F)(F)F.O=C(O)C(F)(F)F. The highest BCUT2D eigenvalue weighted by atomic mass is 19.4. The molecule has 2 N–H and O–H groups in total. The first kappa shape index (κ1) is 34.8. The van der Waals surface area contributed by atoms with Crippen LogP contribution in [0.4, 0.5) is 26.3 Å². The average molecular weight is 642 g/mol. The lowest BCUT2D eigenvalue weighted by molar-refractivity contribution is -0.193. The number of nitrogens with zero attached hydrogens (tertiary/aromatic N) is 5. The zero-order valence-electron chi connectivity index (χ0n) is 24.0. The van der Waals surface area contributed by atoms with E-state index in [4.69, 9.17) is 29.5 Å². The highest BCUT2D eigenvalue weighted by molar-refractivity contribution is 5.90. The van der Waals surface area contributed by atoms with Crippen LogP contribution in [0.15, 0.2) is 61.2 Å². The summed E-state index contributed by atoms with van der Waals surface area (Å²) in [6.07, 6.45) is -2.28. The number of imidazole rings is 1. The molecule has 0 radical (unpaired) electrons. The van der Waals surface area contributed by atoms with Gasteiger partial charge in [0, 0.05) is 43.2 Å². The molecule has 3 aromatic heterocycles. The Hall–Kier alpha value is -4.73. The Kier molecular flexibility index (Phi) is 11.5. The maximum atomic E-state index is 10.6. The van der Waals surface area contributed by atoms with Crippen LogP contribution in [0.2, 0.25) is 0 Å². The molecule has 0 saturated carbocycles. The number of alkyl halides is 6. The number of halogens is 6. The molecule has 45 heavy (non-hydrogen) atoms. The zero-order valence-corrected chi connectivity index (χ0v) is 24.0. The topological polar surface area (TPSA) is 131 Å². The van der Waals surface area contributed by atoms with Crippen LogP contribution in [0.3, 0.4) is 0 Å². The number of aliphatic carboxylic acids is 2. The van der Waals surface area contributed by atoms with Gasteiger partial charge in [0.1, 0.15) is 11.3 Å². The van der Waals surface area contributed by atoms with E-state index >= 15 is 0 Å². The fourth-order valence-corrected chi connectivity index (χ4v) is 4.44. The second-order valence-corrected chi connectivity index (χ2v) is 9.86. The lowest BCUT2D eigenvalue weighted by atomic mass is 9.92. The Morgan fingerprint density at radius 3 is 2.04 bits per heavy atom. The van der Waals surface area contributed by atoms with Crippen molar-refractivity contribution in [2.24, 2.45) is 7.05 Å². The fraction of sp³-hybridized carbons (Fsp3) is 0.345. The van der Waals surface area contributed by atoms with E-state index in [1.807, 2.05) is 44.0 Å². The summed E-state index contributed by atoms with van der Waals surface area (Å²) in [7, 11) is 3.74. The largest absolute Gasteiger partial charge is 0.497 e. The molecule has 0 amide bonds. The first-order valence-electron chi connectivity index (χ1n) is 13.3. The monoisotopic (exact) mass is 641 g/mol. The number of carboxylic acids is 2. The van der Waals surface area contributed by atoms with Gasteiger partial charge in [0.25, 0.3) is 0 Å². The van der Waals surface area contributed by atoms with Gasteiger partial charge in [0.15, 0.2) is 0 Å². The number of hydrogen-bond donors (Lipinski definition) is 2. The van der Waals surface area contributed by atoms with Crippen molar-refractivity contribution in [3.8, 4) is 17.0 Å². The highest BCUT2D eigenvalue weighted by Crippen LogP contribution is 2.33. The van der Waals surface area contributed by atoms with Crippen LogP contribution in [-0.4, -0.2) is 79.1 Å². The third kappa shape index (κ3) is 9.89. The minimum atomic E-state index is -5.08. The Labute approximate surface area is 252 Å². The van der Waals surface area contributed by atoms with Gasteiger partial charge in [0.05, 0.1) is 24.6 Å². The van der Waals surface area contributed by atoms with E-state index in [0.717, 1.165) is 60.5 Å². The number of benzene rings is 1. The van der Waals surface area contributed by atoms with Gasteiger partial charge in [-0.3, -0.25) is 14.9 Å². The van der Waals surface area contributed by atoms with Crippen molar-refractivity contribution in [2.45, 2.75) is 37.7 Å². The van der Waals surface area contributed by atoms with Crippen molar-refractivity contribution in [2.75, 3.05) is 20.2 Å². The summed E-state index contributed by atoms with van der Waals surface area (Å²) in [5.74, 6) is -4.21. The number of carboxylic acid groups (broad SMARTS) is 2. The average Bonchev–Trinajstić information content (AvgIpc) is 3.38. The lowest BCUT2D eigenvalue weighted by Crippen LogP contribution is -2.32. The van der Waals surface area contributed by atoms with Gasteiger partial charge in [0.2, 0.25) is 0 Å². The van der Waals surface area contributed by atoms with E-state index < -0.39 is 24.3 Å². The third-order valence-corrected chi connectivity index (χ3v) is 6.72. The summed E-state index contributed by atoms with van der Waals surface area (Å²) in [5.41, 5.74) is 6.55. The summed E-state index contributed by atoms with van der Waals surface area (Å²) in [5, 5.41) is 14.2. The van der Waals surface area contributed by atoms with Gasteiger partial charge in [-0.05, 0) is 67.9 Å². The number of aromatic nitrogens is 4. The summed E-state index contributed by atoms with van der Waals surface area (Å²) >= 11 is 0. The highest BCUT2D eigenvalue weighted by Gasteiger charge is 2.38. The van der Waals surface area contributed by atoms with Gasteiger partial charge in [-0.2, -0.15) is 26.3 Å². The summed E-state index contributed by atoms with van der Waals surface area (Å²) < 4.78 is 70.9. The molecule has 1 fully saturated rings. The van der Waals surface area contributed by atoms with Crippen molar-refractivity contribution < 1.29 is 50.9 Å². The Morgan fingerprint density at radius 1 is 0.978 bits per heavy atom. The molecule has 10 nitrogen and oxygen atoms in total. The van der Waals surface area contributed by atoms with Crippen LogP contribution in [-0.2, 0) is 23.2 Å². The van der Waals surface area contributed by atoms with E-state index in [1.165, 1.54) is 11.3 Å². The van der Waals surface area contributed by atoms with Crippen molar-refractivity contribution in [1.29, 1.82) is 0 Å². The van der Waals surface area contributed by atoms with E-state index in [2.05, 4.69) is 43.7 Å². The standard InChI is InChI=1S/C25H27N5O.2C2HF3O2/c1-29-17-27-25-23(29)14-22(28-24(25)20-5-7-21(31-2)8-6-20)19-9-12-30(13-10-19)16-18-4-3-11-26-15-18;2*3-2(4,5)1(6)7/h3-8,11,14-15,17,19H,9-10,12-13,16H2,1-2H3;2*(H,6,7). The normalized spacial score (nSPS) is 14.1. The number of ether oxygens (including phenoxy) is 1. The zero-order chi connectivity index (χ0) is 33.4. The number of methoxy groups -OCH3 is 1. The van der Waals surface area contributed by atoms with E-state index in [9.17, 15) is 26.3 Å². The third-order valence-electron chi connectivity index (χ3n) is 6.72. The van der Waals surface area contributed by atoms with E-state index in [1.54, 1.807) is 7.11 Å². The molecule has 0 bridgehead atoms. The number of aryl methyl sites for hydroxylation is 1. The van der Waals surface area contributed by atoms with Gasteiger partial charge >= 0.3 is 24.3 Å².